The Morgan fingerprint density at radius 2 is 1.84 bits per heavy atom. The molecule has 19 heavy (non-hydrogen) atoms. The minimum absolute atomic E-state index is 0.972. The van der Waals surface area contributed by atoms with Crippen LogP contribution in [0.1, 0.15) is 13.3 Å². The maximum atomic E-state index is 4.71. The Kier molecular flexibility index (Phi) is 4.48. The molecule has 0 N–H and O–H groups in total. The van der Waals surface area contributed by atoms with E-state index in [0.717, 1.165) is 12.1 Å². The molecule has 2 rings (SSSR count). The number of benzene rings is 2. The average Bonchev–Trinajstić information content (AvgIpc) is 2.35. The minimum Gasteiger partial charge on any atom is -0.259 e. The van der Waals surface area contributed by atoms with Crippen LogP contribution in [-0.2, 0) is 0 Å². The van der Waals surface area contributed by atoms with Gasteiger partial charge in [-0.25, -0.2) is 0 Å². The summed E-state index contributed by atoms with van der Waals surface area (Å²) in [6, 6.07) is 12.9. The monoisotopic (exact) mass is 287 g/mol. The number of fused-ring (bicyclic) bond motifs is 1. The van der Waals surface area contributed by atoms with Gasteiger partial charge < -0.3 is 0 Å². The van der Waals surface area contributed by atoms with Gasteiger partial charge in [-0.05, 0) is 17.9 Å². The van der Waals surface area contributed by atoms with E-state index in [9.17, 15) is 0 Å². The van der Waals surface area contributed by atoms with Gasteiger partial charge in [-0.15, -0.1) is 11.2 Å². The van der Waals surface area contributed by atoms with Gasteiger partial charge in [0.25, 0.3) is 0 Å². The van der Waals surface area contributed by atoms with Gasteiger partial charge in [0.15, 0.2) is 0 Å². The van der Waals surface area contributed by atoms with Gasteiger partial charge in [0.05, 0.1) is 5.69 Å². The zero-order chi connectivity index (χ0) is 13.9. The molecule has 0 radical (unpaired) electrons. The summed E-state index contributed by atoms with van der Waals surface area (Å²) >= 11 is 2.02. The van der Waals surface area contributed by atoms with Crippen LogP contribution in [0.25, 0.3) is 10.8 Å². The zero-order valence-electron chi connectivity index (χ0n) is 12.1. The lowest BCUT2D eigenvalue weighted by Gasteiger charge is -2.17. The van der Waals surface area contributed by atoms with Gasteiger partial charge in [-0.1, -0.05) is 56.9 Å². The third-order valence-electron chi connectivity index (χ3n) is 2.68. The van der Waals surface area contributed by atoms with E-state index in [0.29, 0.717) is 0 Å². The van der Waals surface area contributed by atoms with Crippen LogP contribution in [0.15, 0.2) is 46.3 Å². The van der Waals surface area contributed by atoms with E-state index >= 15 is 0 Å². The molecule has 0 aromatic heterocycles. The number of rotatable bonds is 4. The van der Waals surface area contributed by atoms with Crippen molar-refractivity contribution in [1.82, 2.24) is 0 Å². The summed E-state index contributed by atoms with van der Waals surface area (Å²) in [6.45, 7) is 9.25. The van der Waals surface area contributed by atoms with Gasteiger partial charge in [0.2, 0.25) is 0 Å². The van der Waals surface area contributed by atoms with E-state index in [1.807, 2.05) is 17.4 Å². The van der Waals surface area contributed by atoms with Crippen LogP contribution in [-0.4, -0.2) is 13.4 Å². The average molecular weight is 288 g/mol. The van der Waals surface area contributed by atoms with Crippen molar-refractivity contribution in [3.63, 3.8) is 0 Å². The van der Waals surface area contributed by atoms with Crippen LogP contribution in [0.2, 0.25) is 19.6 Å². The number of hydrogen-bond donors (Lipinski definition) is 0. The highest BCUT2D eigenvalue weighted by atomic mass is 32.4. The smallest absolute Gasteiger partial charge is 0.114 e. The predicted molar refractivity (Wildman–Crippen MR) is 91.6 cm³/mol. The molecule has 100 valence electrons. The molecule has 0 aliphatic heterocycles. The van der Waals surface area contributed by atoms with E-state index in [4.69, 9.17) is 4.99 Å². The fraction of sp³-hybridized carbons (Fsp3) is 0.312. The van der Waals surface area contributed by atoms with Crippen LogP contribution < -0.4 is 0 Å². The van der Waals surface area contributed by atoms with Crippen molar-refractivity contribution in [3.05, 3.63) is 36.4 Å². The normalized spacial score (nSPS) is 12.4. The highest BCUT2D eigenvalue weighted by Crippen LogP contribution is 2.40. The Hall–Kier alpha value is -1.06. The van der Waals surface area contributed by atoms with Gasteiger partial charge >= 0.3 is 0 Å². The molecule has 0 fully saturated rings. The second-order valence-electron chi connectivity index (χ2n) is 5.57. The number of aliphatic imine (C=N–C) groups is 1. The van der Waals surface area contributed by atoms with Crippen molar-refractivity contribution in [2.24, 2.45) is 4.99 Å². The van der Waals surface area contributed by atoms with Crippen LogP contribution in [0.4, 0.5) is 5.69 Å². The van der Waals surface area contributed by atoms with Crippen molar-refractivity contribution < 1.29 is 0 Å². The van der Waals surface area contributed by atoms with Gasteiger partial charge in [0.1, 0.15) is 7.22 Å². The Balaban J connectivity index is 2.59. The molecule has 0 spiro atoms. The van der Waals surface area contributed by atoms with Crippen molar-refractivity contribution in [3.8, 4) is 0 Å². The van der Waals surface area contributed by atoms with Gasteiger partial charge in [-0.2, -0.15) is 0 Å². The first kappa shape index (κ1) is 14.3. The zero-order valence-corrected chi connectivity index (χ0v) is 13.9. The summed E-state index contributed by atoms with van der Waals surface area (Å²) in [5, 5.41) is 2.53. The van der Waals surface area contributed by atoms with Crippen molar-refractivity contribution in [2.45, 2.75) is 37.9 Å². The van der Waals surface area contributed by atoms with Crippen LogP contribution in [0.5, 0.6) is 0 Å². The quantitative estimate of drug-likeness (QED) is 0.505. The minimum atomic E-state index is -1.21. The summed E-state index contributed by atoms with van der Waals surface area (Å²) in [5.41, 5.74) is 1.15. The number of hydrogen-bond acceptors (Lipinski definition) is 2. The van der Waals surface area contributed by atoms with Crippen molar-refractivity contribution in [1.29, 1.82) is 0 Å². The topological polar surface area (TPSA) is 12.4 Å². The lowest BCUT2D eigenvalue weighted by atomic mass is 10.1. The Morgan fingerprint density at radius 1 is 1.11 bits per heavy atom. The molecule has 0 atom stereocenters. The van der Waals surface area contributed by atoms with E-state index in [-0.39, 0.29) is 0 Å². The van der Waals surface area contributed by atoms with Crippen molar-refractivity contribution >= 4 is 41.1 Å². The lowest BCUT2D eigenvalue weighted by molar-refractivity contribution is 1.30. The van der Waals surface area contributed by atoms with E-state index in [2.05, 4.69) is 63.0 Å². The fourth-order valence-corrected chi connectivity index (χ4v) is 5.49. The Labute approximate surface area is 120 Å². The van der Waals surface area contributed by atoms with E-state index < -0.39 is 7.22 Å². The number of nitrogens with zero attached hydrogens (tertiary/aromatic N) is 1. The van der Waals surface area contributed by atoms with E-state index in [1.54, 1.807) is 0 Å². The fourth-order valence-electron chi connectivity index (χ4n) is 1.96. The third kappa shape index (κ3) is 3.70. The molecule has 2 aromatic rings. The van der Waals surface area contributed by atoms with Crippen LogP contribution >= 0.6 is 11.2 Å². The van der Waals surface area contributed by atoms with Gasteiger partial charge in [-0.3, -0.25) is 4.99 Å². The molecule has 0 heterocycles. The molecule has 0 bridgehead atoms. The largest absolute Gasteiger partial charge is 0.259 e. The SMILES string of the molecule is CC/C=N/c1c(S[Si](C)(C)C)ccc2ccccc12. The summed E-state index contributed by atoms with van der Waals surface area (Å²) in [6.07, 6.45) is 2.98. The molecular weight excluding hydrogens is 266 g/mol. The third-order valence-corrected chi connectivity index (χ3v) is 6.34. The first-order valence-electron chi connectivity index (χ1n) is 6.74. The molecule has 0 amide bonds. The molecule has 0 aliphatic rings. The molecule has 1 nitrogen and oxygen atoms in total. The molecular formula is C16H21NSSi. The van der Waals surface area contributed by atoms with E-state index in [1.165, 1.54) is 15.7 Å². The van der Waals surface area contributed by atoms with Crippen molar-refractivity contribution in [2.75, 3.05) is 0 Å². The van der Waals surface area contributed by atoms with Crippen LogP contribution in [0, 0.1) is 0 Å². The highest BCUT2D eigenvalue weighted by molar-refractivity contribution is 8.28. The maximum Gasteiger partial charge on any atom is 0.114 e. The molecule has 0 unspecified atom stereocenters. The summed E-state index contributed by atoms with van der Waals surface area (Å²) in [4.78, 5) is 6.04. The second-order valence-corrected chi connectivity index (χ2v) is 14.7. The summed E-state index contributed by atoms with van der Waals surface area (Å²) < 4.78 is 0. The Bertz CT molecular complexity index is 599. The summed E-state index contributed by atoms with van der Waals surface area (Å²) in [7, 11) is -1.21. The summed E-state index contributed by atoms with van der Waals surface area (Å²) in [5.74, 6) is 0. The first-order chi connectivity index (χ1) is 9.01. The molecule has 0 saturated heterocycles. The molecule has 0 aliphatic carbocycles. The lowest BCUT2D eigenvalue weighted by Crippen LogP contribution is -2.13. The Morgan fingerprint density at radius 3 is 2.53 bits per heavy atom. The molecule has 3 heteroatoms. The standard InChI is InChI=1S/C16H21NSSi/c1-5-12-17-16-14-9-7-6-8-13(14)10-11-15(16)18-19(2,3)4/h6-12H,5H2,1-4H3/b17-12+. The second kappa shape index (κ2) is 5.93. The highest BCUT2D eigenvalue weighted by Gasteiger charge is 2.18. The van der Waals surface area contributed by atoms with Gasteiger partial charge in [0, 0.05) is 16.5 Å². The first-order valence-corrected chi connectivity index (χ1v) is 11.8. The molecule has 0 saturated carbocycles. The molecule has 2 aromatic carbocycles. The van der Waals surface area contributed by atoms with Crippen LogP contribution in [0.3, 0.4) is 0 Å². The maximum absolute atomic E-state index is 4.71. The predicted octanol–water partition coefficient (Wildman–Crippen LogP) is 5.88.